The highest BCUT2D eigenvalue weighted by molar-refractivity contribution is 5.92. The van der Waals surface area contributed by atoms with Gasteiger partial charge >= 0.3 is 6.18 Å². The molecule has 0 bridgehead atoms. The Balaban J connectivity index is 2.39. The van der Waals surface area contributed by atoms with E-state index in [1.54, 1.807) is 0 Å². The van der Waals surface area contributed by atoms with Gasteiger partial charge in [0, 0.05) is 12.7 Å². The monoisotopic (exact) mass is 302 g/mol. The van der Waals surface area contributed by atoms with Gasteiger partial charge < -0.3 is 5.32 Å². The fourth-order valence-electron chi connectivity index (χ4n) is 1.77. The Morgan fingerprint density at radius 3 is 2.33 bits per heavy atom. The molecule has 6 heteroatoms. The van der Waals surface area contributed by atoms with Crippen molar-refractivity contribution in [2.45, 2.75) is 46.2 Å². The van der Waals surface area contributed by atoms with Crippen molar-refractivity contribution < 1.29 is 18.0 Å². The molecular formula is C15H21F3N2O. The van der Waals surface area contributed by atoms with Crippen molar-refractivity contribution in [3.63, 3.8) is 0 Å². The number of amides is 1. The van der Waals surface area contributed by atoms with Gasteiger partial charge in [0.05, 0.1) is 5.56 Å². The Kier molecular flexibility index (Phi) is 5.75. The molecule has 0 aromatic carbocycles. The first-order valence-corrected chi connectivity index (χ1v) is 6.91. The summed E-state index contributed by atoms with van der Waals surface area (Å²) in [5, 5.41) is 2.66. The van der Waals surface area contributed by atoms with Crippen LogP contribution in [0.25, 0.3) is 0 Å². The number of halogens is 3. The van der Waals surface area contributed by atoms with E-state index in [-0.39, 0.29) is 11.1 Å². The molecule has 1 aromatic heterocycles. The Bertz CT molecular complexity index is 461. The Labute approximate surface area is 123 Å². The van der Waals surface area contributed by atoms with E-state index in [0.717, 1.165) is 31.4 Å². The minimum absolute atomic E-state index is 0.00109. The molecule has 21 heavy (non-hydrogen) atoms. The molecule has 0 fully saturated rings. The van der Waals surface area contributed by atoms with Gasteiger partial charge in [-0.05, 0) is 30.4 Å². The average molecular weight is 302 g/mol. The van der Waals surface area contributed by atoms with Gasteiger partial charge in [-0.25, -0.2) is 0 Å². The SMILES string of the molecule is CC(C)(C)CCCCNC(=O)c1ccc(C(F)(F)F)cn1. The molecule has 0 radical (unpaired) electrons. The smallest absolute Gasteiger partial charge is 0.351 e. The van der Waals surface area contributed by atoms with Crippen molar-refractivity contribution in [1.82, 2.24) is 10.3 Å². The van der Waals surface area contributed by atoms with E-state index in [1.165, 1.54) is 0 Å². The fraction of sp³-hybridized carbons (Fsp3) is 0.600. The molecule has 0 saturated heterocycles. The van der Waals surface area contributed by atoms with Crippen LogP contribution in [0.5, 0.6) is 0 Å². The van der Waals surface area contributed by atoms with Crippen molar-refractivity contribution in [1.29, 1.82) is 0 Å². The summed E-state index contributed by atoms with van der Waals surface area (Å²) in [6.07, 6.45) is -0.876. The molecule has 1 amide bonds. The van der Waals surface area contributed by atoms with Crippen molar-refractivity contribution in [2.75, 3.05) is 6.54 Å². The van der Waals surface area contributed by atoms with E-state index < -0.39 is 17.6 Å². The summed E-state index contributed by atoms with van der Waals surface area (Å²) in [5.41, 5.74) is -0.595. The van der Waals surface area contributed by atoms with Crippen LogP contribution in [-0.4, -0.2) is 17.4 Å². The van der Waals surface area contributed by atoms with E-state index in [4.69, 9.17) is 0 Å². The van der Waals surface area contributed by atoms with E-state index in [1.807, 2.05) is 0 Å². The van der Waals surface area contributed by atoms with Crippen LogP contribution in [-0.2, 0) is 6.18 Å². The van der Waals surface area contributed by atoms with Crippen molar-refractivity contribution in [2.24, 2.45) is 5.41 Å². The second-order valence-corrected chi connectivity index (χ2v) is 6.20. The lowest BCUT2D eigenvalue weighted by Gasteiger charge is -2.17. The van der Waals surface area contributed by atoms with Crippen LogP contribution in [0.15, 0.2) is 18.3 Å². The summed E-state index contributed by atoms with van der Waals surface area (Å²) in [4.78, 5) is 15.3. The molecule has 1 heterocycles. The second kappa shape index (κ2) is 6.91. The number of aromatic nitrogens is 1. The van der Waals surface area contributed by atoms with Crippen LogP contribution in [0, 0.1) is 5.41 Å². The predicted molar refractivity (Wildman–Crippen MR) is 74.9 cm³/mol. The number of hydrogen-bond acceptors (Lipinski definition) is 2. The number of alkyl halides is 3. The molecule has 1 N–H and O–H groups in total. The number of rotatable bonds is 5. The number of pyridine rings is 1. The zero-order valence-corrected chi connectivity index (χ0v) is 12.5. The van der Waals surface area contributed by atoms with E-state index >= 15 is 0 Å². The summed E-state index contributed by atoms with van der Waals surface area (Å²) < 4.78 is 37.1. The normalized spacial score (nSPS) is 12.3. The van der Waals surface area contributed by atoms with Gasteiger partial charge in [0.15, 0.2) is 0 Å². The summed E-state index contributed by atoms with van der Waals surface area (Å²) in [7, 11) is 0. The molecule has 0 aliphatic carbocycles. The molecule has 0 aliphatic rings. The van der Waals surface area contributed by atoms with Crippen LogP contribution in [0.4, 0.5) is 13.2 Å². The van der Waals surface area contributed by atoms with Gasteiger partial charge in [0.25, 0.3) is 5.91 Å². The maximum atomic E-state index is 12.4. The molecule has 0 saturated carbocycles. The maximum absolute atomic E-state index is 12.4. The average Bonchev–Trinajstić information content (AvgIpc) is 2.36. The fourth-order valence-corrected chi connectivity index (χ4v) is 1.77. The first-order valence-electron chi connectivity index (χ1n) is 6.91. The standard InChI is InChI=1S/C15H21F3N2O/c1-14(2,3)8-4-5-9-19-13(21)12-7-6-11(10-20-12)15(16,17)18/h6-7,10H,4-5,8-9H2,1-3H3,(H,19,21). The Hall–Kier alpha value is -1.59. The van der Waals surface area contributed by atoms with Gasteiger partial charge in [0.1, 0.15) is 5.69 Å². The molecule has 1 aromatic rings. The third kappa shape index (κ3) is 6.60. The lowest BCUT2D eigenvalue weighted by atomic mass is 9.90. The van der Waals surface area contributed by atoms with Crippen LogP contribution in [0.1, 0.15) is 56.1 Å². The summed E-state index contributed by atoms with van der Waals surface area (Å²) >= 11 is 0. The molecule has 1 rings (SSSR count). The number of unbranched alkanes of at least 4 members (excludes halogenated alkanes) is 1. The van der Waals surface area contributed by atoms with Crippen LogP contribution >= 0.6 is 0 Å². The third-order valence-electron chi connectivity index (χ3n) is 2.96. The van der Waals surface area contributed by atoms with Gasteiger partial charge in [-0.3, -0.25) is 9.78 Å². The molecule has 118 valence electrons. The van der Waals surface area contributed by atoms with Crippen molar-refractivity contribution in [3.05, 3.63) is 29.6 Å². The van der Waals surface area contributed by atoms with Crippen molar-refractivity contribution >= 4 is 5.91 Å². The van der Waals surface area contributed by atoms with Crippen LogP contribution < -0.4 is 5.32 Å². The van der Waals surface area contributed by atoms with E-state index in [0.29, 0.717) is 12.7 Å². The first-order chi connectivity index (χ1) is 9.59. The number of nitrogens with zero attached hydrogens (tertiary/aromatic N) is 1. The van der Waals surface area contributed by atoms with E-state index in [9.17, 15) is 18.0 Å². The molecule has 0 spiro atoms. The lowest BCUT2D eigenvalue weighted by Crippen LogP contribution is -2.25. The highest BCUT2D eigenvalue weighted by Gasteiger charge is 2.30. The molecule has 0 aliphatic heterocycles. The number of carbonyl (C=O) groups excluding carboxylic acids is 1. The predicted octanol–water partition coefficient (Wildman–Crippen LogP) is 4.05. The van der Waals surface area contributed by atoms with Gasteiger partial charge in [0.2, 0.25) is 0 Å². The van der Waals surface area contributed by atoms with Crippen LogP contribution in [0.2, 0.25) is 0 Å². The molecule has 3 nitrogen and oxygen atoms in total. The quantitative estimate of drug-likeness (QED) is 0.834. The Morgan fingerprint density at radius 1 is 1.19 bits per heavy atom. The summed E-state index contributed by atoms with van der Waals surface area (Å²) in [5.74, 6) is -0.445. The Morgan fingerprint density at radius 2 is 1.86 bits per heavy atom. The summed E-state index contributed by atoms with van der Waals surface area (Å²) in [6, 6.07) is 1.95. The zero-order valence-electron chi connectivity index (χ0n) is 12.5. The molecular weight excluding hydrogens is 281 g/mol. The highest BCUT2D eigenvalue weighted by Crippen LogP contribution is 2.28. The zero-order chi connectivity index (χ0) is 16.1. The third-order valence-corrected chi connectivity index (χ3v) is 2.96. The molecule has 0 atom stereocenters. The minimum atomic E-state index is -4.44. The molecule has 0 unspecified atom stereocenters. The van der Waals surface area contributed by atoms with Gasteiger partial charge in [-0.2, -0.15) is 13.2 Å². The van der Waals surface area contributed by atoms with Crippen molar-refractivity contribution in [3.8, 4) is 0 Å². The van der Waals surface area contributed by atoms with Gasteiger partial charge in [-0.1, -0.05) is 27.2 Å². The number of nitrogens with one attached hydrogen (secondary N) is 1. The second-order valence-electron chi connectivity index (χ2n) is 6.20. The first kappa shape index (κ1) is 17.5. The van der Waals surface area contributed by atoms with Crippen LogP contribution in [0.3, 0.4) is 0 Å². The summed E-state index contributed by atoms with van der Waals surface area (Å²) in [6.45, 7) is 6.95. The minimum Gasteiger partial charge on any atom is -0.351 e. The lowest BCUT2D eigenvalue weighted by molar-refractivity contribution is -0.137. The van der Waals surface area contributed by atoms with E-state index in [2.05, 4.69) is 31.1 Å². The topological polar surface area (TPSA) is 42.0 Å². The van der Waals surface area contributed by atoms with Gasteiger partial charge in [-0.15, -0.1) is 0 Å². The highest BCUT2D eigenvalue weighted by atomic mass is 19.4. The number of carbonyl (C=O) groups is 1. The largest absolute Gasteiger partial charge is 0.417 e. The maximum Gasteiger partial charge on any atom is 0.417 e. The number of hydrogen-bond donors (Lipinski definition) is 1.